The first-order chi connectivity index (χ1) is 8.54. The molecule has 3 unspecified atom stereocenters. The zero-order valence-electron chi connectivity index (χ0n) is 11.4. The van der Waals surface area contributed by atoms with Gasteiger partial charge in [-0.05, 0) is 44.4 Å². The third-order valence-electron chi connectivity index (χ3n) is 3.94. The van der Waals surface area contributed by atoms with Gasteiger partial charge >= 0.3 is 0 Å². The molecule has 1 aliphatic rings. The Morgan fingerprint density at radius 2 is 2.28 bits per heavy atom. The van der Waals surface area contributed by atoms with Crippen LogP contribution in [0.2, 0.25) is 0 Å². The van der Waals surface area contributed by atoms with Gasteiger partial charge in [0.15, 0.2) is 0 Å². The van der Waals surface area contributed by atoms with Gasteiger partial charge in [-0.25, -0.2) is 0 Å². The predicted molar refractivity (Wildman–Crippen MR) is 78.7 cm³/mol. The SMILES string of the molecule is CCC1(C)CCOC(c2cccc(Br)c2)C(C)N1. The van der Waals surface area contributed by atoms with E-state index < -0.39 is 0 Å². The Kier molecular flexibility index (Phi) is 4.46. The standard InChI is InChI=1S/C15H22BrNO/c1-4-15(3)8-9-18-14(11(2)17-15)12-6-5-7-13(16)10-12/h5-7,10-11,14,17H,4,8-9H2,1-3H3. The lowest BCUT2D eigenvalue weighted by atomic mass is 9.93. The van der Waals surface area contributed by atoms with Crippen LogP contribution in [-0.4, -0.2) is 18.2 Å². The Morgan fingerprint density at radius 3 is 2.94 bits per heavy atom. The van der Waals surface area contributed by atoms with Gasteiger partial charge in [0.05, 0.1) is 6.10 Å². The number of benzene rings is 1. The molecule has 1 heterocycles. The van der Waals surface area contributed by atoms with Gasteiger partial charge in [-0.2, -0.15) is 0 Å². The average molecular weight is 312 g/mol. The topological polar surface area (TPSA) is 21.3 Å². The van der Waals surface area contributed by atoms with Gasteiger partial charge in [0.25, 0.3) is 0 Å². The second-order valence-electron chi connectivity index (χ2n) is 5.44. The molecular weight excluding hydrogens is 290 g/mol. The Labute approximate surface area is 118 Å². The number of hydrogen-bond acceptors (Lipinski definition) is 2. The van der Waals surface area contributed by atoms with Crippen LogP contribution in [0.15, 0.2) is 28.7 Å². The van der Waals surface area contributed by atoms with Crippen molar-refractivity contribution in [2.24, 2.45) is 0 Å². The molecule has 0 spiro atoms. The lowest BCUT2D eigenvalue weighted by molar-refractivity contribution is 0.0460. The van der Waals surface area contributed by atoms with Crippen LogP contribution >= 0.6 is 15.9 Å². The Bertz CT molecular complexity index is 409. The maximum absolute atomic E-state index is 6.07. The van der Waals surface area contributed by atoms with Crippen molar-refractivity contribution in [3.05, 3.63) is 34.3 Å². The van der Waals surface area contributed by atoms with Crippen molar-refractivity contribution < 1.29 is 4.74 Å². The Balaban J connectivity index is 2.19. The van der Waals surface area contributed by atoms with Crippen LogP contribution in [0, 0.1) is 0 Å². The molecule has 0 radical (unpaired) electrons. The van der Waals surface area contributed by atoms with E-state index in [1.54, 1.807) is 0 Å². The summed E-state index contributed by atoms with van der Waals surface area (Å²) in [5.74, 6) is 0. The second-order valence-corrected chi connectivity index (χ2v) is 6.36. The molecule has 1 N–H and O–H groups in total. The molecule has 1 aliphatic heterocycles. The zero-order valence-corrected chi connectivity index (χ0v) is 13.0. The third-order valence-corrected chi connectivity index (χ3v) is 4.43. The normalized spacial score (nSPS) is 33.1. The van der Waals surface area contributed by atoms with Crippen molar-refractivity contribution >= 4 is 15.9 Å². The highest BCUT2D eigenvalue weighted by Crippen LogP contribution is 2.30. The number of ether oxygens (including phenoxy) is 1. The van der Waals surface area contributed by atoms with Crippen LogP contribution in [0.25, 0.3) is 0 Å². The van der Waals surface area contributed by atoms with Crippen molar-refractivity contribution in [2.45, 2.75) is 51.3 Å². The molecule has 100 valence electrons. The molecule has 3 atom stereocenters. The van der Waals surface area contributed by atoms with Crippen LogP contribution < -0.4 is 5.32 Å². The molecule has 1 fully saturated rings. The second kappa shape index (κ2) is 5.72. The first kappa shape index (κ1) is 14.0. The zero-order chi connectivity index (χ0) is 13.2. The first-order valence-electron chi connectivity index (χ1n) is 6.69. The van der Waals surface area contributed by atoms with Gasteiger partial charge in [-0.15, -0.1) is 0 Å². The minimum atomic E-state index is 0.135. The van der Waals surface area contributed by atoms with Gasteiger partial charge in [0.1, 0.15) is 0 Å². The van der Waals surface area contributed by atoms with Crippen molar-refractivity contribution in [3.63, 3.8) is 0 Å². The van der Waals surface area contributed by atoms with Crippen LogP contribution in [0.4, 0.5) is 0 Å². The molecule has 1 aromatic carbocycles. The minimum absolute atomic E-state index is 0.135. The summed E-state index contributed by atoms with van der Waals surface area (Å²) >= 11 is 3.53. The smallest absolute Gasteiger partial charge is 0.0975 e. The maximum Gasteiger partial charge on any atom is 0.0975 e. The molecule has 0 aliphatic carbocycles. The number of halogens is 1. The molecular formula is C15H22BrNO. The summed E-state index contributed by atoms with van der Waals surface area (Å²) < 4.78 is 7.18. The van der Waals surface area contributed by atoms with Crippen molar-refractivity contribution in [1.29, 1.82) is 0 Å². The average Bonchev–Trinajstić information content (AvgIpc) is 2.48. The van der Waals surface area contributed by atoms with E-state index in [0.29, 0.717) is 6.04 Å². The largest absolute Gasteiger partial charge is 0.372 e. The van der Waals surface area contributed by atoms with Gasteiger partial charge in [-0.1, -0.05) is 35.0 Å². The van der Waals surface area contributed by atoms with Gasteiger partial charge < -0.3 is 10.1 Å². The molecule has 3 heteroatoms. The molecule has 1 saturated heterocycles. The molecule has 0 amide bonds. The quantitative estimate of drug-likeness (QED) is 0.889. The van der Waals surface area contributed by atoms with Crippen molar-refractivity contribution in [1.82, 2.24) is 5.32 Å². The molecule has 0 aromatic heterocycles. The number of hydrogen-bond donors (Lipinski definition) is 1. The van der Waals surface area contributed by atoms with Crippen molar-refractivity contribution in [2.75, 3.05) is 6.61 Å². The van der Waals surface area contributed by atoms with Crippen LogP contribution in [-0.2, 0) is 4.74 Å². The fourth-order valence-electron chi connectivity index (χ4n) is 2.60. The van der Waals surface area contributed by atoms with Gasteiger partial charge in [-0.3, -0.25) is 0 Å². The summed E-state index contributed by atoms with van der Waals surface area (Å²) in [7, 11) is 0. The molecule has 0 bridgehead atoms. The van der Waals surface area contributed by atoms with Gasteiger partial charge in [0.2, 0.25) is 0 Å². The highest BCUT2D eigenvalue weighted by molar-refractivity contribution is 9.10. The van der Waals surface area contributed by atoms with E-state index in [0.717, 1.165) is 23.9 Å². The summed E-state index contributed by atoms with van der Waals surface area (Å²) in [4.78, 5) is 0. The lowest BCUT2D eigenvalue weighted by Crippen LogP contribution is -2.47. The predicted octanol–water partition coefficient (Wildman–Crippen LogP) is 4.06. The Morgan fingerprint density at radius 1 is 1.50 bits per heavy atom. The van der Waals surface area contributed by atoms with Crippen molar-refractivity contribution in [3.8, 4) is 0 Å². The van der Waals surface area contributed by atoms with E-state index in [1.807, 2.05) is 0 Å². The van der Waals surface area contributed by atoms with Crippen LogP contribution in [0.5, 0.6) is 0 Å². The van der Waals surface area contributed by atoms with E-state index in [-0.39, 0.29) is 11.6 Å². The summed E-state index contributed by atoms with van der Waals surface area (Å²) in [6.07, 6.45) is 2.33. The molecule has 18 heavy (non-hydrogen) atoms. The number of rotatable bonds is 2. The van der Waals surface area contributed by atoms with E-state index in [4.69, 9.17) is 4.74 Å². The first-order valence-corrected chi connectivity index (χ1v) is 7.48. The highest BCUT2D eigenvalue weighted by Gasteiger charge is 2.32. The number of nitrogens with one attached hydrogen (secondary N) is 1. The van der Waals surface area contributed by atoms with Gasteiger partial charge in [0, 0.05) is 22.7 Å². The van der Waals surface area contributed by atoms with E-state index in [1.165, 1.54) is 5.56 Å². The summed E-state index contributed by atoms with van der Waals surface area (Å²) in [6, 6.07) is 8.74. The molecule has 1 aromatic rings. The molecule has 2 rings (SSSR count). The fourth-order valence-corrected chi connectivity index (χ4v) is 3.02. The maximum atomic E-state index is 6.07. The van der Waals surface area contributed by atoms with Crippen LogP contribution in [0.1, 0.15) is 45.3 Å². The molecule has 0 saturated carbocycles. The third kappa shape index (κ3) is 3.14. The summed E-state index contributed by atoms with van der Waals surface area (Å²) in [5, 5.41) is 3.73. The lowest BCUT2D eigenvalue weighted by Gasteiger charge is -2.31. The van der Waals surface area contributed by atoms with E-state index >= 15 is 0 Å². The fraction of sp³-hybridized carbons (Fsp3) is 0.600. The summed E-state index contributed by atoms with van der Waals surface area (Å²) in [6.45, 7) is 7.55. The minimum Gasteiger partial charge on any atom is -0.372 e. The highest BCUT2D eigenvalue weighted by atomic mass is 79.9. The van der Waals surface area contributed by atoms with E-state index in [2.05, 4.69) is 66.3 Å². The molecule has 2 nitrogen and oxygen atoms in total. The monoisotopic (exact) mass is 311 g/mol. The summed E-state index contributed by atoms with van der Waals surface area (Å²) in [5.41, 5.74) is 1.44. The Hall–Kier alpha value is -0.380. The van der Waals surface area contributed by atoms with E-state index in [9.17, 15) is 0 Å². The van der Waals surface area contributed by atoms with Crippen LogP contribution in [0.3, 0.4) is 0 Å².